The highest BCUT2D eigenvalue weighted by atomic mass is 32.2. The third-order valence-electron chi connectivity index (χ3n) is 1.29. The second-order valence-electron chi connectivity index (χ2n) is 2.33. The molecule has 1 atom stereocenters. The minimum atomic E-state index is 0.449. The van der Waals surface area contributed by atoms with Gasteiger partial charge in [0.05, 0.1) is 5.03 Å². The Morgan fingerprint density at radius 2 is 2.45 bits per heavy atom. The molecule has 0 amide bonds. The Balaban J connectivity index is 2.51. The summed E-state index contributed by atoms with van der Waals surface area (Å²) in [5.74, 6) is 0. The molecule has 0 unspecified atom stereocenters. The van der Waals surface area contributed by atoms with E-state index in [1.807, 2.05) is 18.2 Å². The highest BCUT2D eigenvalue weighted by Gasteiger charge is 2.00. The van der Waals surface area contributed by atoms with Gasteiger partial charge in [0, 0.05) is 18.0 Å². The van der Waals surface area contributed by atoms with Crippen LogP contribution in [-0.4, -0.2) is 16.8 Å². The molecule has 60 valence electrons. The first kappa shape index (κ1) is 8.56. The molecule has 11 heavy (non-hydrogen) atoms. The molecule has 0 radical (unpaired) electrons. The molecule has 0 fully saturated rings. The fourth-order valence-electron chi connectivity index (χ4n) is 0.671. The minimum absolute atomic E-state index is 0.449. The fourth-order valence-corrected chi connectivity index (χ4v) is 1.46. The number of pyridine rings is 1. The highest BCUT2D eigenvalue weighted by Crippen LogP contribution is 2.18. The lowest BCUT2D eigenvalue weighted by Crippen LogP contribution is -2.12. The van der Waals surface area contributed by atoms with Crippen molar-refractivity contribution < 1.29 is 0 Å². The van der Waals surface area contributed by atoms with Crippen molar-refractivity contribution >= 4 is 11.8 Å². The predicted molar refractivity (Wildman–Crippen MR) is 48.6 cm³/mol. The van der Waals surface area contributed by atoms with Gasteiger partial charge >= 0.3 is 0 Å². The zero-order valence-corrected chi connectivity index (χ0v) is 7.34. The molecule has 0 saturated heterocycles. The third-order valence-corrected chi connectivity index (χ3v) is 2.37. The zero-order valence-electron chi connectivity index (χ0n) is 6.53. The summed E-state index contributed by atoms with van der Waals surface area (Å²) in [7, 11) is 0. The molecule has 0 spiro atoms. The van der Waals surface area contributed by atoms with Gasteiger partial charge in [0.1, 0.15) is 0 Å². The average Bonchev–Trinajstić information content (AvgIpc) is 2.06. The Kier molecular flexibility index (Phi) is 3.39. The molecule has 0 bridgehead atoms. The van der Waals surface area contributed by atoms with Gasteiger partial charge in [-0.05, 0) is 12.1 Å². The summed E-state index contributed by atoms with van der Waals surface area (Å²) in [4.78, 5) is 4.17. The number of thioether (sulfide) groups is 1. The van der Waals surface area contributed by atoms with Gasteiger partial charge in [-0.3, -0.25) is 0 Å². The fraction of sp³-hybridized carbons (Fsp3) is 0.375. The Morgan fingerprint density at radius 3 is 3.00 bits per heavy atom. The first-order valence-corrected chi connectivity index (χ1v) is 4.48. The number of hydrogen-bond donors (Lipinski definition) is 1. The number of nitrogens with zero attached hydrogens (tertiary/aromatic N) is 1. The number of aromatic nitrogens is 1. The van der Waals surface area contributed by atoms with Crippen molar-refractivity contribution in [2.75, 3.05) is 6.54 Å². The maximum Gasteiger partial charge on any atom is 0.0962 e. The predicted octanol–water partition coefficient (Wildman–Crippen LogP) is 1.52. The van der Waals surface area contributed by atoms with Crippen LogP contribution in [0.5, 0.6) is 0 Å². The van der Waals surface area contributed by atoms with Crippen LogP contribution in [0.4, 0.5) is 0 Å². The summed E-state index contributed by atoms with van der Waals surface area (Å²) in [6.45, 7) is 2.79. The maximum atomic E-state index is 5.47. The Morgan fingerprint density at radius 1 is 1.64 bits per heavy atom. The van der Waals surface area contributed by atoms with Crippen LogP contribution in [0.15, 0.2) is 29.4 Å². The summed E-state index contributed by atoms with van der Waals surface area (Å²) < 4.78 is 0. The molecule has 1 heterocycles. The number of rotatable bonds is 3. The zero-order chi connectivity index (χ0) is 8.10. The van der Waals surface area contributed by atoms with Crippen molar-refractivity contribution in [3.05, 3.63) is 24.4 Å². The van der Waals surface area contributed by atoms with Crippen LogP contribution in [-0.2, 0) is 0 Å². The van der Waals surface area contributed by atoms with E-state index >= 15 is 0 Å². The van der Waals surface area contributed by atoms with Crippen LogP contribution in [0, 0.1) is 0 Å². The van der Waals surface area contributed by atoms with Crippen molar-refractivity contribution in [2.24, 2.45) is 5.73 Å². The van der Waals surface area contributed by atoms with E-state index in [2.05, 4.69) is 11.9 Å². The van der Waals surface area contributed by atoms with E-state index in [0.717, 1.165) is 5.03 Å². The highest BCUT2D eigenvalue weighted by molar-refractivity contribution is 7.99. The van der Waals surface area contributed by atoms with Gasteiger partial charge in [-0.15, -0.1) is 11.8 Å². The summed E-state index contributed by atoms with van der Waals surface area (Å²) in [5.41, 5.74) is 5.47. The normalized spacial score (nSPS) is 12.9. The van der Waals surface area contributed by atoms with Crippen molar-refractivity contribution in [3.63, 3.8) is 0 Å². The van der Waals surface area contributed by atoms with Gasteiger partial charge < -0.3 is 5.73 Å². The van der Waals surface area contributed by atoms with E-state index < -0.39 is 0 Å². The summed E-state index contributed by atoms with van der Waals surface area (Å²) >= 11 is 1.71. The lowest BCUT2D eigenvalue weighted by molar-refractivity contribution is 0.945. The summed E-state index contributed by atoms with van der Waals surface area (Å²) in [5, 5.41) is 1.50. The standard InChI is InChI=1S/C8H12N2S/c1-7(6-9)11-8-4-2-3-5-10-8/h2-5,7H,6,9H2,1H3/t7-/m0/s1. The molecule has 3 heteroatoms. The second-order valence-corrected chi connectivity index (χ2v) is 3.79. The molecule has 0 aliphatic carbocycles. The molecular formula is C8H12N2S. The van der Waals surface area contributed by atoms with E-state index in [9.17, 15) is 0 Å². The molecule has 0 aromatic carbocycles. The van der Waals surface area contributed by atoms with Crippen molar-refractivity contribution in [1.82, 2.24) is 4.98 Å². The van der Waals surface area contributed by atoms with Gasteiger partial charge in [-0.2, -0.15) is 0 Å². The van der Waals surface area contributed by atoms with Crippen molar-refractivity contribution in [3.8, 4) is 0 Å². The van der Waals surface area contributed by atoms with Gasteiger partial charge in [0.15, 0.2) is 0 Å². The molecule has 0 saturated carbocycles. The largest absolute Gasteiger partial charge is 0.329 e. The van der Waals surface area contributed by atoms with Crippen molar-refractivity contribution in [2.45, 2.75) is 17.2 Å². The van der Waals surface area contributed by atoms with E-state index in [-0.39, 0.29) is 0 Å². The third kappa shape index (κ3) is 2.91. The molecule has 0 aliphatic heterocycles. The molecule has 1 aromatic rings. The van der Waals surface area contributed by atoms with Crippen LogP contribution in [0.1, 0.15) is 6.92 Å². The van der Waals surface area contributed by atoms with E-state index in [1.54, 1.807) is 18.0 Å². The van der Waals surface area contributed by atoms with E-state index in [4.69, 9.17) is 5.73 Å². The monoisotopic (exact) mass is 168 g/mol. The Labute approximate surface area is 71.2 Å². The average molecular weight is 168 g/mol. The van der Waals surface area contributed by atoms with Crippen LogP contribution in [0.3, 0.4) is 0 Å². The summed E-state index contributed by atoms with van der Waals surface area (Å²) in [6.07, 6.45) is 1.80. The first-order chi connectivity index (χ1) is 5.33. The SMILES string of the molecule is C[C@@H](CN)Sc1ccccn1. The minimum Gasteiger partial charge on any atom is -0.329 e. The molecule has 2 N–H and O–H groups in total. The van der Waals surface area contributed by atoms with Gasteiger partial charge in [-0.1, -0.05) is 13.0 Å². The quantitative estimate of drug-likeness (QED) is 0.695. The number of hydrogen-bond acceptors (Lipinski definition) is 3. The second kappa shape index (κ2) is 4.36. The van der Waals surface area contributed by atoms with E-state index in [0.29, 0.717) is 11.8 Å². The van der Waals surface area contributed by atoms with Gasteiger partial charge in [-0.25, -0.2) is 4.98 Å². The topological polar surface area (TPSA) is 38.9 Å². The molecule has 2 nitrogen and oxygen atoms in total. The van der Waals surface area contributed by atoms with Crippen molar-refractivity contribution in [1.29, 1.82) is 0 Å². The van der Waals surface area contributed by atoms with Gasteiger partial charge in [0.25, 0.3) is 0 Å². The maximum absolute atomic E-state index is 5.47. The van der Waals surface area contributed by atoms with Crippen LogP contribution in [0.25, 0.3) is 0 Å². The van der Waals surface area contributed by atoms with E-state index in [1.165, 1.54) is 0 Å². The smallest absolute Gasteiger partial charge is 0.0962 e. The molecule has 1 aromatic heterocycles. The first-order valence-electron chi connectivity index (χ1n) is 3.60. The molecular weight excluding hydrogens is 156 g/mol. The Bertz CT molecular complexity index is 201. The van der Waals surface area contributed by atoms with Crippen LogP contribution < -0.4 is 5.73 Å². The lowest BCUT2D eigenvalue weighted by atomic mass is 10.5. The summed E-state index contributed by atoms with van der Waals surface area (Å²) in [6, 6.07) is 5.90. The lowest BCUT2D eigenvalue weighted by Gasteiger charge is -2.05. The van der Waals surface area contributed by atoms with Crippen LogP contribution >= 0.6 is 11.8 Å². The molecule has 0 aliphatic rings. The van der Waals surface area contributed by atoms with Crippen LogP contribution in [0.2, 0.25) is 0 Å². The van der Waals surface area contributed by atoms with Gasteiger partial charge in [0.2, 0.25) is 0 Å². The molecule has 1 rings (SSSR count). The Hall–Kier alpha value is -0.540. The number of nitrogens with two attached hydrogens (primary N) is 1.